The number of hydrogen-bond donors (Lipinski definition) is 1. The summed E-state index contributed by atoms with van der Waals surface area (Å²) in [5, 5.41) is 10.9. The summed E-state index contributed by atoms with van der Waals surface area (Å²) in [7, 11) is 1.75. The van der Waals surface area contributed by atoms with E-state index in [9.17, 15) is 5.11 Å². The standard InChI is InChI=1S/C20H28O2/c1-19-10-8-16-15-7-5-14(22-3)12-13(15)4-6-17(16)18(19)9-11-20(19,2)21/h5,7,12,16-18,21H,4,6,8-11H2,1-3H3/t16-,17-,18-,19+,20+/m0/s1. The maximum absolute atomic E-state index is 10.9. The Morgan fingerprint density at radius 2 is 1.95 bits per heavy atom. The van der Waals surface area contributed by atoms with Crippen molar-refractivity contribution in [2.45, 2.75) is 63.9 Å². The normalized spacial score (nSPS) is 43.2. The number of aryl methyl sites for hydroxylation is 1. The van der Waals surface area contributed by atoms with Crippen molar-refractivity contribution in [3.05, 3.63) is 29.3 Å². The molecule has 0 amide bonds. The van der Waals surface area contributed by atoms with Crippen LogP contribution in [-0.2, 0) is 6.42 Å². The van der Waals surface area contributed by atoms with Crippen molar-refractivity contribution < 1.29 is 9.84 Å². The van der Waals surface area contributed by atoms with Crippen LogP contribution in [-0.4, -0.2) is 17.8 Å². The molecule has 3 aliphatic rings. The third kappa shape index (κ3) is 1.83. The third-order valence-electron chi connectivity index (χ3n) is 7.50. The zero-order valence-corrected chi connectivity index (χ0v) is 14.1. The second kappa shape index (κ2) is 4.74. The van der Waals surface area contributed by atoms with Crippen LogP contribution in [0.5, 0.6) is 5.75 Å². The number of fused-ring (bicyclic) bond motifs is 5. The monoisotopic (exact) mass is 300 g/mol. The van der Waals surface area contributed by atoms with Crippen molar-refractivity contribution in [3.63, 3.8) is 0 Å². The Balaban J connectivity index is 1.69. The molecule has 2 saturated carbocycles. The highest BCUT2D eigenvalue weighted by molar-refractivity contribution is 5.40. The summed E-state index contributed by atoms with van der Waals surface area (Å²) in [6, 6.07) is 6.67. The van der Waals surface area contributed by atoms with Crippen molar-refractivity contribution >= 4 is 0 Å². The van der Waals surface area contributed by atoms with Gasteiger partial charge in [0.15, 0.2) is 0 Å². The second-order valence-electron chi connectivity index (χ2n) is 8.25. The Kier molecular flexibility index (Phi) is 3.14. The molecule has 1 aromatic carbocycles. The van der Waals surface area contributed by atoms with Crippen LogP contribution in [0.2, 0.25) is 0 Å². The molecule has 0 aromatic heterocycles. The first-order valence-corrected chi connectivity index (χ1v) is 8.85. The molecule has 120 valence electrons. The number of benzene rings is 1. The SMILES string of the molecule is COc1ccc2c(c1)CC[C@H]1[C@H]2CC[C@]2(C)[C@H]1CC[C@@]2(C)O. The first-order valence-electron chi connectivity index (χ1n) is 8.85. The Morgan fingerprint density at radius 1 is 1.14 bits per heavy atom. The summed E-state index contributed by atoms with van der Waals surface area (Å²) in [6.07, 6.45) is 7.02. The quantitative estimate of drug-likeness (QED) is 0.838. The second-order valence-corrected chi connectivity index (χ2v) is 8.25. The van der Waals surface area contributed by atoms with Crippen LogP contribution < -0.4 is 4.74 Å². The molecule has 22 heavy (non-hydrogen) atoms. The van der Waals surface area contributed by atoms with E-state index in [1.54, 1.807) is 12.7 Å². The van der Waals surface area contributed by atoms with Crippen molar-refractivity contribution in [1.82, 2.24) is 0 Å². The van der Waals surface area contributed by atoms with Gasteiger partial charge in [0, 0.05) is 0 Å². The van der Waals surface area contributed by atoms with Gasteiger partial charge in [0.1, 0.15) is 5.75 Å². The minimum absolute atomic E-state index is 0.123. The first kappa shape index (κ1) is 14.6. The molecule has 0 spiro atoms. The highest BCUT2D eigenvalue weighted by Crippen LogP contribution is 2.64. The molecular formula is C20H28O2. The minimum Gasteiger partial charge on any atom is -0.497 e. The van der Waals surface area contributed by atoms with Crippen LogP contribution in [0, 0.1) is 17.3 Å². The largest absolute Gasteiger partial charge is 0.497 e. The number of ether oxygens (including phenoxy) is 1. The smallest absolute Gasteiger partial charge is 0.119 e. The fraction of sp³-hybridized carbons (Fsp3) is 0.700. The van der Waals surface area contributed by atoms with Gasteiger partial charge in [-0.15, -0.1) is 0 Å². The zero-order valence-electron chi connectivity index (χ0n) is 14.1. The summed E-state index contributed by atoms with van der Waals surface area (Å²) >= 11 is 0. The highest BCUT2D eigenvalue weighted by atomic mass is 16.5. The van der Waals surface area contributed by atoms with Gasteiger partial charge in [-0.05, 0) is 91.9 Å². The fourth-order valence-electron chi connectivity index (χ4n) is 5.93. The summed E-state index contributed by atoms with van der Waals surface area (Å²) in [5.74, 6) is 3.13. The van der Waals surface area contributed by atoms with Crippen LogP contribution in [0.3, 0.4) is 0 Å². The third-order valence-corrected chi connectivity index (χ3v) is 7.50. The van der Waals surface area contributed by atoms with Gasteiger partial charge in [-0.1, -0.05) is 13.0 Å². The Morgan fingerprint density at radius 3 is 2.73 bits per heavy atom. The van der Waals surface area contributed by atoms with Gasteiger partial charge < -0.3 is 9.84 Å². The molecule has 2 fully saturated rings. The molecule has 0 unspecified atom stereocenters. The molecule has 1 aromatic rings. The number of rotatable bonds is 1. The number of hydrogen-bond acceptors (Lipinski definition) is 2. The Hall–Kier alpha value is -1.02. The molecule has 2 heteroatoms. The fourth-order valence-corrected chi connectivity index (χ4v) is 5.93. The summed E-state index contributed by atoms with van der Waals surface area (Å²) in [6.45, 7) is 4.43. The van der Waals surface area contributed by atoms with Gasteiger partial charge in [-0.3, -0.25) is 0 Å². The van der Waals surface area contributed by atoms with E-state index in [0.717, 1.165) is 24.5 Å². The van der Waals surface area contributed by atoms with Gasteiger partial charge in [0.05, 0.1) is 12.7 Å². The summed E-state index contributed by atoms with van der Waals surface area (Å²) in [4.78, 5) is 0. The molecule has 2 nitrogen and oxygen atoms in total. The lowest BCUT2D eigenvalue weighted by atomic mass is 9.53. The van der Waals surface area contributed by atoms with E-state index in [4.69, 9.17) is 4.74 Å². The van der Waals surface area contributed by atoms with Crippen molar-refractivity contribution in [1.29, 1.82) is 0 Å². The lowest BCUT2D eigenvalue weighted by molar-refractivity contribution is -0.0901. The van der Waals surface area contributed by atoms with Gasteiger partial charge in [-0.25, -0.2) is 0 Å². The van der Waals surface area contributed by atoms with E-state index in [1.165, 1.54) is 31.2 Å². The Labute approximate surface area is 133 Å². The summed E-state index contributed by atoms with van der Waals surface area (Å²) < 4.78 is 5.40. The van der Waals surface area contributed by atoms with Crippen LogP contribution in [0.25, 0.3) is 0 Å². The lowest BCUT2D eigenvalue weighted by Crippen LogP contribution is -2.49. The van der Waals surface area contributed by atoms with E-state index < -0.39 is 5.60 Å². The van der Waals surface area contributed by atoms with Crippen LogP contribution >= 0.6 is 0 Å². The predicted molar refractivity (Wildman–Crippen MR) is 88.2 cm³/mol. The molecule has 0 radical (unpaired) electrons. The van der Waals surface area contributed by atoms with Crippen molar-refractivity contribution in [2.24, 2.45) is 17.3 Å². The van der Waals surface area contributed by atoms with Crippen LogP contribution in [0.15, 0.2) is 18.2 Å². The summed E-state index contributed by atoms with van der Waals surface area (Å²) in [5.41, 5.74) is 2.71. The average molecular weight is 300 g/mol. The maximum Gasteiger partial charge on any atom is 0.119 e. The van der Waals surface area contributed by atoms with Crippen molar-refractivity contribution in [2.75, 3.05) is 7.11 Å². The maximum atomic E-state index is 10.9. The van der Waals surface area contributed by atoms with Gasteiger partial charge >= 0.3 is 0 Å². The van der Waals surface area contributed by atoms with E-state index in [1.807, 2.05) is 0 Å². The first-order chi connectivity index (χ1) is 10.5. The molecule has 0 heterocycles. The molecule has 0 aliphatic heterocycles. The zero-order chi connectivity index (χ0) is 15.5. The van der Waals surface area contributed by atoms with Crippen LogP contribution in [0.4, 0.5) is 0 Å². The predicted octanol–water partition coefficient (Wildman–Crippen LogP) is 4.30. The highest BCUT2D eigenvalue weighted by Gasteiger charge is 2.59. The van der Waals surface area contributed by atoms with Gasteiger partial charge in [-0.2, -0.15) is 0 Å². The average Bonchev–Trinajstić information content (AvgIpc) is 2.76. The van der Waals surface area contributed by atoms with E-state index in [0.29, 0.717) is 11.8 Å². The van der Waals surface area contributed by atoms with Crippen molar-refractivity contribution in [3.8, 4) is 5.75 Å². The van der Waals surface area contributed by atoms with Crippen LogP contribution in [0.1, 0.15) is 63.0 Å². The Bertz CT molecular complexity index is 591. The van der Waals surface area contributed by atoms with E-state index in [2.05, 4.69) is 32.0 Å². The van der Waals surface area contributed by atoms with E-state index in [-0.39, 0.29) is 5.41 Å². The van der Waals surface area contributed by atoms with Gasteiger partial charge in [0.25, 0.3) is 0 Å². The molecule has 5 atom stereocenters. The molecule has 1 N–H and O–H groups in total. The number of aliphatic hydroxyl groups is 1. The van der Waals surface area contributed by atoms with Gasteiger partial charge in [0.2, 0.25) is 0 Å². The number of methoxy groups -OCH3 is 1. The molecular weight excluding hydrogens is 272 g/mol. The molecule has 4 rings (SSSR count). The minimum atomic E-state index is -0.469. The molecule has 0 bridgehead atoms. The topological polar surface area (TPSA) is 29.5 Å². The lowest BCUT2D eigenvalue weighted by Gasteiger charge is -2.52. The molecule has 3 aliphatic carbocycles. The van der Waals surface area contributed by atoms with E-state index >= 15 is 0 Å². The molecule has 0 saturated heterocycles.